The molecule has 0 spiro atoms. The summed E-state index contributed by atoms with van der Waals surface area (Å²) in [5.74, 6) is -1.77. The first-order chi connectivity index (χ1) is 15.5. The maximum atomic E-state index is 12.5. The summed E-state index contributed by atoms with van der Waals surface area (Å²) in [6, 6.07) is 14.1. The SMILES string of the molecule is C=CCCC(NC(=O)[C@@H](CC)NC(=O)OCC1c2ccccc2-c2ccccc21)C(=O)O. The van der Waals surface area contributed by atoms with Crippen LogP contribution < -0.4 is 10.6 Å². The van der Waals surface area contributed by atoms with Gasteiger partial charge in [0, 0.05) is 5.92 Å². The van der Waals surface area contributed by atoms with Gasteiger partial charge in [0.05, 0.1) is 0 Å². The van der Waals surface area contributed by atoms with E-state index < -0.39 is 30.1 Å². The van der Waals surface area contributed by atoms with Crippen LogP contribution in [0.5, 0.6) is 0 Å². The Morgan fingerprint density at radius 3 is 2.16 bits per heavy atom. The molecule has 3 rings (SSSR count). The highest BCUT2D eigenvalue weighted by Crippen LogP contribution is 2.44. The van der Waals surface area contributed by atoms with Gasteiger partial charge in [0.15, 0.2) is 0 Å². The van der Waals surface area contributed by atoms with Crippen LogP contribution in [-0.2, 0) is 14.3 Å². The van der Waals surface area contributed by atoms with Crippen LogP contribution in [0.2, 0.25) is 0 Å². The van der Waals surface area contributed by atoms with Gasteiger partial charge in [-0.3, -0.25) is 4.79 Å². The lowest BCUT2D eigenvalue weighted by Crippen LogP contribution is -2.51. The molecule has 0 aromatic heterocycles. The van der Waals surface area contributed by atoms with Crippen molar-refractivity contribution in [1.29, 1.82) is 0 Å². The van der Waals surface area contributed by atoms with Gasteiger partial charge < -0.3 is 20.5 Å². The number of benzene rings is 2. The molecule has 2 aromatic carbocycles. The Labute approximate surface area is 187 Å². The van der Waals surface area contributed by atoms with E-state index in [1.54, 1.807) is 13.0 Å². The van der Waals surface area contributed by atoms with Gasteiger partial charge in [-0.05, 0) is 41.5 Å². The predicted octanol–water partition coefficient (Wildman–Crippen LogP) is 3.84. The smallest absolute Gasteiger partial charge is 0.407 e. The number of amides is 2. The van der Waals surface area contributed by atoms with E-state index in [9.17, 15) is 19.5 Å². The van der Waals surface area contributed by atoms with Crippen molar-refractivity contribution in [2.75, 3.05) is 6.61 Å². The molecule has 0 fully saturated rings. The Bertz CT molecular complexity index is 958. The number of ether oxygens (including phenoxy) is 1. The zero-order chi connectivity index (χ0) is 23.1. The molecule has 7 nitrogen and oxygen atoms in total. The van der Waals surface area contributed by atoms with Crippen LogP contribution in [-0.4, -0.2) is 41.8 Å². The molecule has 168 valence electrons. The van der Waals surface area contributed by atoms with E-state index in [4.69, 9.17) is 4.74 Å². The van der Waals surface area contributed by atoms with Crippen molar-refractivity contribution in [3.05, 3.63) is 72.3 Å². The molecule has 32 heavy (non-hydrogen) atoms. The highest BCUT2D eigenvalue weighted by molar-refractivity contribution is 5.89. The molecule has 0 heterocycles. The molecule has 3 N–H and O–H groups in total. The van der Waals surface area contributed by atoms with Crippen molar-refractivity contribution in [2.24, 2.45) is 0 Å². The number of fused-ring (bicyclic) bond motifs is 3. The van der Waals surface area contributed by atoms with Crippen molar-refractivity contribution in [3.8, 4) is 11.1 Å². The fraction of sp³-hybridized carbons (Fsp3) is 0.320. The van der Waals surface area contributed by atoms with Crippen LogP contribution in [0.15, 0.2) is 61.2 Å². The van der Waals surface area contributed by atoms with Crippen LogP contribution in [0.3, 0.4) is 0 Å². The summed E-state index contributed by atoms with van der Waals surface area (Å²) in [5.41, 5.74) is 4.44. The van der Waals surface area contributed by atoms with Gasteiger partial charge in [-0.1, -0.05) is 61.5 Å². The average Bonchev–Trinajstić information content (AvgIpc) is 3.12. The molecule has 1 aliphatic rings. The summed E-state index contributed by atoms with van der Waals surface area (Å²) >= 11 is 0. The first-order valence-electron chi connectivity index (χ1n) is 10.7. The Kier molecular flexibility index (Phi) is 7.65. The van der Waals surface area contributed by atoms with E-state index in [2.05, 4.69) is 29.3 Å². The highest BCUT2D eigenvalue weighted by atomic mass is 16.5. The lowest BCUT2D eigenvalue weighted by Gasteiger charge is -2.21. The van der Waals surface area contributed by atoms with E-state index in [0.717, 1.165) is 22.3 Å². The first kappa shape index (κ1) is 23.1. The summed E-state index contributed by atoms with van der Waals surface area (Å²) < 4.78 is 5.48. The Morgan fingerprint density at radius 2 is 1.62 bits per heavy atom. The third-order valence-electron chi connectivity index (χ3n) is 5.63. The first-order valence-corrected chi connectivity index (χ1v) is 10.7. The lowest BCUT2D eigenvalue weighted by atomic mass is 9.98. The van der Waals surface area contributed by atoms with Crippen molar-refractivity contribution < 1.29 is 24.2 Å². The minimum absolute atomic E-state index is 0.0858. The molecule has 0 saturated carbocycles. The quantitative estimate of drug-likeness (QED) is 0.491. The Morgan fingerprint density at radius 1 is 1.03 bits per heavy atom. The number of carbonyl (C=O) groups excluding carboxylic acids is 2. The molecule has 2 atom stereocenters. The van der Waals surface area contributed by atoms with Crippen LogP contribution >= 0.6 is 0 Å². The number of carbonyl (C=O) groups is 3. The molecule has 2 amide bonds. The second kappa shape index (κ2) is 10.6. The normalized spacial score (nSPS) is 13.9. The summed E-state index contributed by atoms with van der Waals surface area (Å²) in [5, 5.41) is 14.3. The van der Waals surface area contributed by atoms with Gasteiger partial charge in [0.25, 0.3) is 0 Å². The number of hydrogen-bond donors (Lipinski definition) is 3. The molecule has 0 aliphatic heterocycles. The summed E-state index contributed by atoms with van der Waals surface area (Å²) in [4.78, 5) is 36.3. The minimum Gasteiger partial charge on any atom is -0.480 e. The topological polar surface area (TPSA) is 105 Å². The molecule has 0 radical (unpaired) electrons. The largest absolute Gasteiger partial charge is 0.480 e. The molecule has 0 bridgehead atoms. The number of carboxylic acids is 1. The molecule has 1 unspecified atom stereocenters. The molecule has 1 aliphatic carbocycles. The summed E-state index contributed by atoms with van der Waals surface area (Å²) in [6.45, 7) is 5.43. The van der Waals surface area contributed by atoms with E-state index in [1.807, 2.05) is 36.4 Å². The summed E-state index contributed by atoms with van der Waals surface area (Å²) in [7, 11) is 0. The van der Waals surface area contributed by atoms with E-state index in [1.165, 1.54) is 0 Å². The highest BCUT2D eigenvalue weighted by Gasteiger charge is 2.30. The van der Waals surface area contributed by atoms with E-state index >= 15 is 0 Å². The maximum absolute atomic E-state index is 12.5. The van der Waals surface area contributed by atoms with E-state index in [-0.39, 0.29) is 18.9 Å². The third kappa shape index (κ3) is 5.17. The Hall–Kier alpha value is -3.61. The predicted molar refractivity (Wildman–Crippen MR) is 121 cm³/mol. The monoisotopic (exact) mass is 436 g/mol. The second-order valence-electron chi connectivity index (χ2n) is 7.70. The fourth-order valence-corrected chi connectivity index (χ4v) is 3.95. The number of rotatable bonds is 10. The molecule has 2 aromatic rings. The number of allylic oxidation sites excluding steroid dienone is 1. The van der Waals surface area contributed by atoms with Crippen molar-refractivity contribution in [1.82, 2.24) is 10.6 Å². The van der Waals surface area contributed by atoms with Gasteiger partial charge in [0.1, 0.15) is 18.7 Å². The van der Waals surface area contributed by atoms with Gasteiger partial charge in [-0.15, -0.1) is 6.58 Å². The standard InChI is InChI=1S/C25H28N2O5/c1-3-5-14-22(24(29)30)26-23(28)21(4-2)27-25(31)32-15-20-18-12-8-6-10-16(18)17-11-7-9-13-19(17)20/h3,6-13,20-22H,1,4-5,14-15H2,2H3,(H,26,28)(H,27,31)(H,29,30)/t21-,22?/m1/s1. The maximum Gasteiger partial charge on any atom is 0.407 e. The van der Waals surface area contributed by atoms with Crippen LogP contribution in [0.25, 0.3) is 11.1 Å². The zero-order valence-electron chi connectivity index (χ0n) is 18.0. The number of alkyl carbamates (subject to hydrolysis) is 1. The number of hydrogen-bond acceptors (Lipinski definition) is 4. The molecular formula is C25H28N2O5. The molecule has 0 saturated heterocycles. The second-order valence-corrected chi connectivity index (χ2v) is 7.70. The average molecular weight is 437 g/mol. The molecule has 7 heteroatoms. The van der Waals surface area contributed by atoms with Gasteiger partial charge in [0.2, 0.25) is 5.91 Å². The van der Waals surface area contributed by atoms with Crippen molar-refractivity contribution in [3.63, 3.8) is 0 Å². The van der Waals surface area contributed by atoms with Crippen molar-refractivity contribution >= 4 is 18.0 Å². The van der Waals surface area contributed by atoms with Crippen LogP contribution in [0, 0.1) is 0 Å². The lowest BCUT2D eigenvalue weighted by molar-refractivity contribution is -0.142. The Balaban J connectivity index is 1.61. The number of aliphatic carboxylic acids is 1. The van der Waals surface area contributed by atoms with Gasteiger partial charge in [-0.2, -0.15) is 0 Å². The van der Waals surface area contributed by atoms with Crippen LogP contribution in [0.4, 0.5) is 4.79 Å². The molecular weight excluding hydrogens is 408 g/mol. The summed E-state index contributed by atoms with van der Waals surface area (Å²) in [6.07, 6.45) is 1.85. The minimum atomic E-state index is -1.13. The van der Waals surface area contributed by atoms with Crippen molar-refractivity contribution in [2.45, 2.75) is 44.2 Å². The van der Waals surface area contributed by atoms with E-state index in [0.29, 0.717) is 12.8 Å². The van der Waals surface area contributed by atoms with Gasteiger partial charge in [-0.25, -0.2) is 9.59 Å². The number of nitrogens with one attached hydrogen (secondary N) is 2. The fourth-order valence-electron chi connectivity index (χ4n) is 3.95. The van der Waals surface area contributed by atoms with Gasteiger partial charge >= 0.3 is 12.1 Å². The number of carboxylic acid groups (broad SMARTS) is 1. The zero-order valence-corrected chi connectivity index (χ0v) is 18.0. The third-order valence-corrected chi connectivity index (χ3v) is 5.63. The van der Waals surface area contributed by atoms with Crippen LogP contribution in [0.1, 0.15) is 43.2 Å².